The van der Waals surface area contributed by atoms with Crippen LogP contribution < -0.4 is 9.47 Å². The molecule has 1 aliphatic rings. The standard InChI is InChI=1S/C25H28O6/c1-15(26)31-22-13-17(7-8-18(22)23(28)29)30-14-21(27)16-6-9-19-20(12-16)25(4,5)11-10-24(19,2)3/h6-9,12-13H,10-11,14H2,1-5H3,(H,28,29). The van der Waals surface area contributed by atoms with Gasteiger partial charge in [0.25, 0.3) is 0 Å². The molecule has 0 heterocycles. The number of carbonyl (C=O) groups is 3. The second kappa shape index (κ2) is 8.17. The molecule has 0 amide bonds. The predicted octanol–water partition coefficient (Wildman–Crippen LogP) is 4.92. The molecule has 2 aromatic rings. The van der Waals surface area contributed by atoms with E-state index in [4.69, 9.17) is 9.47 Å². The lowest BCUT2D eigenvalue weighted by atomic mass is 9.63. The van der Waals surface area contributed by atoms with Gasteiger partial charge in [0, 0.05) is 18.6 Å². The Morgan fingerprint density at radius 3 is 2.19 bits per heavy atom. The van der Waals surface area contributed by atoms with Gasteiger partial charge in [-0.2, -0.15) is 0 Å². The van der Waals surface area contributed by atoms with Crippen molar-refractivity contribution in [3.63, 3.8) is 0 Å². The van der Waals surface area contributed by atoms with Crippen LogP contribution in [0.25, 0.3) is 0 Å². The quantitative estimate of drug-likeness (QED) is 0.402. The highest BCUT2D eigenvalue weighted by molar-refractivity contribution is 5.97. The monoisotopic (exact) mass is 424 g/mol. The summed E-state index contributed by atoms with van der Waals surface area (Å²) in [5, 5.41) is 9.23. The molecule has 2 aromatic carbocycles. The average Bonchev–Trinajstić information content (AvgIpc) is 2.69. The number of hydrogen-bond donors (Lipinski definition) is 1. The van der Waals surface area contributed by atoms with Gasteiger partial charge >= 0.3 is 11.9 Å². The number of carboxylic acids is 1. The summed E-state index contributed by atoms with van der Waals surface area (Å²) in [5.41, 5.74) is 2.95. The van der Waals surface area contributed by atoms with Crippen molar-refractivity contribution in [1.29, 1.82) is 0 Å². The van der Waals surface area contributed by atoms with Crippen molar-refractivity contribution in [2.24, 2.45) is 0 Å². The Morgan fingerprint density at radius 2 is 1.58 bits per heavy atom. The van der Waals surface area contributed by atoms with Crippen molar-refractivity contribution in [3.05, 3.63) is 58.7 Å². The summed E-state index contributed by atoms with van der Waals surface area (Å²) in [6.45, 7) is 9.83. The van der Waals surface area contributed by atoms with Gasteiger partial charge in [0.15, 0.2) is 12.4 Å². The molecule has 31 heavy (non-hydrogen) atoms. The molecule has 0 radical (unpaired) electrons. The van der Waals surface area contributed by atoms with Gasteiger partial charge in [-0.1, -0.05) is 39.8 Å². The summed E-state index contributed by atoms with van der Waals surface area (Å²) >= 11 is 0. The third-order valence-electron chi connectivity index (χ3n) is 5.98. The van der Waals surface area contributed by atoms with Gasteiger partial charge in [-0.05, 0) is 53.0 Å². The van der Waals surface area contributed by atoms with Crippen LogP contribution in [0.15, 0.2) is 36.4 Å². The summed E-state index contributed by atoms with van der Waals surface area (Å²) in [4.78, 5) is 35.4. The number of fused-ring (bicyclic) bond motifs is 1. The zero-order chi connectivity index (χ0) is 23.0. The number of ketones is 1. The summed E-state index contributed by atoms with van der Waals surface area (Å²) < 4.78 is 10.5. The lowest BCUT2D eigenvalue weighted by Crippen LogP contribution is -2.34. The number of carboxylic acid groups (broad SMARTS) is 1. The van der Waals surface area contributed by atoms with E-state index in [0.29, 0.717) is 5.56 Å². The molecule has 3 rings (SSSR count). The Labute approximate surface area is 182 Å². The number of aromatic carboxylic acids is 1. The van der Waals surface area contributed by atoms with Crippen molar-refractivity contribution in [3.8, 4) is 11.5 Å². The van der Waals surface area contributed by atoms with Gasteiger partial charge < -0.3 is 14.6 Å². The average molecular weight is 424 g/mol. The van der Waals surface area contributed by atoms with Crippen molar-refractivity contribution in [2.45, 2.75) is 58.3 Å². The number of benzene rings is 2. The fourth-order valence-electron chi connectivity index (χ4n) is 4.00. The third-order valence-corrected chi connectivity index (χ3v) is 5.98. The largest absolute Gasteiger partial charge is 0.485 e. The van der Waals surface area contributed by atoms with E-state index in [1.165, 1.54) is 36.2 Å². The maximum atomic E-state index is 12.8. The number of hydrogen-bond acceptors (Lipinski definition) is 5. The molecule has 0 unspecified atom stereocenters. The Kier molecular flexibility index (Phi) is 5.94. The van der Waals surface area contributed by atoms with Gasteiger partial charge in [-0.3, -0.25) is 9.59 Å². The maximum absolute atomic E-state index is 12.8. The highest BCUT2D eigenvalue weighted by Crippen LogP contribution is 2.45. The first-order valence-corrected chi connectivity index (χ1v) is 10.3. The number of esters is 1. The van der Waals surface area contributed by atoms with Crippen LogP contribution >= 0.6 is 0 Å². The van der Waals surface area contributed by atoms with E-state index in [2.05, 4.69) is 27.7 Å². The summed E-state index contributed by atoms with van der Waals surface area (Å²) in [5.74, 6) is -1.93. The van der Waals surface area contributed by atoms with Crippen LogP contribution in [0.3, 0.4) is 0 Å². The minimum atomic E-state index is -1.22. The van der Waals surface area contributed by atoms with Crippen molar-refractivity contribution in [1.82, 2.24) is 0 Å². The van der Waals surface area contributed by atoms with Crippen LogP contribution in [0.1, 0.15) is 79.3 Å². The number of ether oxygens (including phenoxy) is 2. The topological polar surface area (TPSA) is 89.9 Å². The number of Topliss-reactive ketones (excluding diaryl/α,β-unsaturated/α-hetero) is 1. The van der Waals surface area contributed by atoms with E-state index < -0.39 is 11.9 Å². The molecule has 0 spiro atoms. The molecule has 164 valence electrons. The van der Waals surface area contributed by atoms with E-state index in [9.17, 15) is 19.5 Å². The second-order valence-electron chi connectivity index (χ2n) is 9.30. The lowest BCUT2D eigenvalue weighted by Gasteiger charge is -2.42. The summed E-state index contributed by atoms with van der Waals surface area (Å²) in [6.07, 6.45) is 2.15. The molecule has 0 bridgehead atoms. The van der Waals surface area contributed by atoms with Crippen LogP contribution in [0, 0.1) is 0 Å². The van der Waals surface area contributed by atoms with E-state index in [0.717, 1.165) is 12.8 Å². The van der Waals surface area contributed by atoms with Crippen LogP contribution in [0.5, 0.6) is 11.5 Å². The molecule has 0 fully saturated rings. The zero-order valence-corrected chi connectivity index (χ0v) is 18.6. The van der Waals surface area contributed by atoms with Gasteiger partial charge in [0.1, 0.15) is 17.1 Å². The number of rotatable bonds is 6. The summed E-state index contributed by atoms with van der Waals surface area (Å²) in [6, 6.07) is 9.87. The third kappa shape index (κ3) is 4.79. The van der Waals surface area contributed by atoms with Gasteiger partial charge in [-0.25, -0.2) is 4.79 Å². The molecule has 0 aliphatic heterocycles. The molecule has 0 aromatic heterocycles. The fraction of sp³-hybridized carbons (Fsp3) is 0.400. The Balaban J connectivity index is 1.80. The Morgan fingerprint density at radius 1 is 0.935 bits per heavy atom. The van der Waals surface area contributed by atoms with Gasteiger partial charge in [-0.15, -0.1) is 0 Å². The lowest BCUT2D eigenvalue weighted by molar-refractivity contribution is -0.131. The van der Waals surface area contributed by atoms with E-state index in [1.54, 1.807) is 0 Å². The molecule has 6 nitrogen and oxygen atoms in total. The van der Waals surface area contributed by atoms with Gasteiger partial charge in [0.05, 0.1) is 0 Å². The second-order valence-corrected chi connectivity index (χ2v) is 9.30. The first kappa shape index (κ1) is 22.5. The van der Waals surface area contributed by atoms with Crippen molar-refractivity contribution < 1.29 is 29.0 Å². The summed E-state index contributed by atoms with van der Waals surface area (Å²) in [7, 11) is 0. The normalized spacial score (nSPS) is 16.2. The smallest absolute Gasteiger partial charge is 0.339 e. The highest BCUT2D eigenvalue weighted by atomic mass is 16.5. The molecule has 0 saturated carbocycles. The zero-order valence-electron chi connectivity index (χ0n) is 18.6. The van der Waals surface area contributed by atoms with Crippen LogP contribution in [0.4, 0.5) is 0 Å². The maximum Gasteiger partial charge on any atom is 0.339 e. The first-order valence-electron chi connectivity index (χ1n) is 10.3. The molecule has 1 N–H and O–H groups in total. The van der Waals surface area contributed by atoms with E-state index >= 15 is 0 Å². The van der Waals surface area contributed by atoms with Crippen molar-refractivity contribution in [2.75, 3.05) is 6.61 Å². The Bertz CT molecular complexity index is 1050. The molecular formula is C25H28O6. The van der Waals surface area contributed by atoms with E-state index in [-0.39, 0.29) is 40.3 Å². The molecule has 1 aliphatic carbocycles. The van der Waals surface area contributed by atoms with Crippen LogP contribution in [-0.4, -0.2) is 29.4 Å². The molecule has 0 atom stereocenters. The minimum Gasteiger partial charge on any atom is -0.485 e. The number of carbonyl (C=O) groups excluding carboxylic acids is 2. The van der Waals surface area contributed by atoms with Crippen LogP contribution in [-0.2, 0) is 15.6 Å². The highest BCUT2D eigenvalue weighted by Gasteiger charge is 2.37. The fourth-order valence-corrected chi connectivity index (χ4v) is 4.00. The molecule has 6 heteroatoms. The SMILES string of the molecule is CC(=O)Oc1cc(OCC(=O)c2ccc3c(c2)C(C)(C)CCC3(C)C)ccc1C(=O)O. The molecule has 0 saturated heterocycles. The van der Waals surface area contributed by atoms with E-state index in [1.807, 2.05) is 18.2 Å². The Hall–Kier alpha value is -3.15. The van der Waals surface area contributed by atoms with Crippen LogP contribution in [0.2, 0.25) is 0 Å². The van der Waals surface area contributed by atoms with Gasteiger partial charge in [0.2, 0.25) is 0 Å². The first-order chi connectivity index (χ1) is 14.4. The van der Waals surface area contributed by atoms with Crippen molar-refractivity contribution >= 4 is 17.7 Å². The minimum absolute atomic E-state index is 0.00636. The predicted molar refractivity (Wildman–Crippen MR) is 116 cm³/mol. The molecular weight excluding hydrogens is 396 g/mol.